The minimum absolute atomic E-state index is 0.197. The summed E-state index contributed by atoms with van der Waals surface area (Å²) < 4.78 is 3.14. The lowest BCUT2D eigenvalue weighted by molar-refractivity contribution is 0.700. The highest BCUT2D eigenvalue weighted by atomic mass is 35.5. The standard InChI is InChI=1S/C23H19Cl2N9O/c1-13-7-15(17-9-16(24)4-5-18(17)34-12-28-31-32-34)8-21(35)33(13)11-20-29-22(23(25)30-20)14-3-6-19(26-2)27-10-14/h3-10,12H,11H2,1-2H3,(H,26,27)(H,29,30). The Kier molecular flexibility index (Phi) is 6.06. The summed E-state index contributed by atoms with van der Waals surface area (Å²) in [6, 6.07) is 12.5. The first-order chi connectivity index (χ1) is 16.9. The van der Waals surface area contributed by atoms with Crippen LogP contribution in [0.25, 0.3) is 28.1 Å². The average Bonchev–Trinajstić information content (AvgIpc) is 3.51. The SMILES string of the molecule is CNc1ccc(-c2[nH]c(Cn3c(C)cc(-c4cc(Cl)ccc4-n4cnnn4)cc3=O)nc2Cl)cn1. The smallest absolute Gasteiger partial charge is 0.251 e. The predicted molar refractivity (Wildman–Crippen MR) is 134 cm³/mol. The van der Waals surface area contributed by atoms with Crippen molar-refractivity contribution in [2.45, 2.75) is 13.5 Å². The van der Waals surface area contributed by atoms with Crippen LogP contribution in [-0.4, -0.2) is 46.8 Å². The van der Waals surface area contributed by atoms with E-state index in [2.05, 4.69) is 35.8 Å². The third-order valence-electron chi connectivity index (χ3n) is 5.53. The summed E-state index contributed by atoms with van der Waals surface area (Å²) in [5.74, 6) is 1.30. The van der Waals surface area contributed by atoms with E-state index in [9.17, 15) is 4.79 Å². The van der Waals surface area contributed by atoms with E-state index in [-0.39, 0.29) is 12.1 Å². The number of benzene rings is 1. The Labute approximate surface area is 209 Å². The largest absolute Gasteiger partial charge is 0.373 e. The van der Waals surface area contributed by atoms with E-state index in [0.29, 0.717) is 32.9 Å². The van der Waals surface area contributed by atoms with Gasteiger partial charge >= 0.3 is 0 Å². The highest BCUT2D eigenvalue weighted by molar-refractivity contribution is 6.32. The molecule has 2 N–H and O–H groups in total. The molecular weight excluding hydrogens is 489 g/mol. The molecule has 0 unspecified atom stereocenters. The monoisotopic (exact) mass is 507 g/mol. The zero-order valence-corrected chi connectivity index (χ0v) is 20.2. The van der Waals surface area contributed by atoms with Gasteiger partial charge in [0, 0.05) is 41.2 Å². The second-order valence-corrected chi connectivity index (χ2v) is 8.55. The first kappa shape index (κ1) is 22.8. The molecule has 4 aromatic heterocycles. The third-order valence-corrected chi connectivity index (χ3v) is 6.03. The summed E-state index contributed by atoms with van der Waals surface area (Å²) in [5, 5.41) is 15.2. The average molecular weight is 508 g/mol. The minimum atomic E-state index is -0.197. The molecule has 10 nitrogen and oxygen atoms in total. The van der Waals surface area contributed by atoms with Crippen molar-refractivity contribution in [3.05, 3.63) is 87.0 Å². The molecule has 0 aliphatic heterocycles. The Morgan fingerprint density at radius 2 is 1.94 bits per heavy atom. The van der Waals surface area contributed by atoms with Gasteiger partial charge in [0.05, 0.1) is 17.9 Å². The van der Waals surface area contributed by atoms with Gasteiger partial charge in [0.2, 0.25) is 0 Å². The van der Waals surface area contributed by atoms with Crippen LogP contribution in [0.2, 0.25) is 10.2 Å². The predicted octanol–water partition coefficient (Wildman–Crippen LogP) is 3.98. The highest BCUT2D eigenvalue weighted by Gasteiger charge is 2.15. The number of hydrogen-bond donors (Lipinski definition) is 2. The summed E-state index contributed by atoms with van der Waals surface area (Å²) in [5.41, 5.74) is 4.12. The van der Waals surface area contributed by atoms with Gasteiger partial charge in [-0.2, -0.15) is 4.68 Å². The number of H-pyrrole nitrogens is 1. The van der Waals surface area contributed by atoms with Gasteiger partial charge in [-0.1, -0.05) is 23.2 Å². The number of imidazole rings is 1. The topological polar surface area (TPSA) is 119 Å². The lowest BCUT2D eigenvalue weighted by Crippen LogP contribution is -2.23. The Hall–Kier alpha value is -4.02. The van der Waals surface area contributed by atoms with E-state index in [1.807, 2.05) is 25.1 Å². The fraction of sp³-hybridized carbons (Fsp3) is 0.130. The van der Waals surface area contributed by atoms with Gasteiger partial charge in [0.25, 0.3) is 5.56 Å². The molecule has 0 aliphatic rings. The van der Waals surface area contributed by atoms with Crippen LogP contribution in [0, 0.1) is 6.92 Å². The van der Waals surface area contributed by atoms with E-state index in [4.69, 9.17) is 23.2 Å². The number of anilines is 1. The van der Waals surface area contributed by atoms with Crippen molar-refractivity contribution in [1.29, 1.82) is 0 Å². The zero-order valence-electron chi connectivity index (χ0n) is 18.7. The van der Waals surface area contributed by atoms with Gasteiger partial charge in [0.1, 0.15) is 18.0 Å². The molecular formula is C23H19Cl2N9O. The van der Waals surface area contributed by atoms with Gasteiger partial charge in [0.15, 0.2) is 5.15 Å². The Balaban J connectivity index is 1.48. The number of halogens is 2. The Morgan fingerprint density at radius 1 is 1.09 bits per heavy atom. The van der Waals surface area contributed by atoms with Crippen molar-refractivity contribution in [3.8, 4) is 28.1 Å². The van der Waals surface area contributed by atoms with Crippen LogP contribution in [0.3, 0.4) is 0 Å². The van der Waals surface area contributed by atoms with Crippen LogP contribution in [-0.2, 0) is 6.54 Å². The summed E-state index contributed by atoms with van der Waals surface area (Å²) in [6.07, 6.45) is 3.19. The fourth-order valence-corrected chi connectivity index (χ4v) is 4.23. The van der Waals surface area contributed by atoms with E-state index >= 15 is 0 Å². The van der Waals surface area contributed by atoms with Crippen molar-refractivity contribution >= 4 is 29.0 Å². The third kappa shape index (κ3) is 4.53. The van der Waals surface area contributed by atoms with Gasteiger partial charge < -0.3 is 14.9 Å². The van der Waals surface area contributed by atoms with Crippen LogP contribution < -0.4 is 10.9 Å². The molecule has 0 aliphatic carbocycles. The molecule has 12 heteroatoms. The summed E-state index contributed by atoms with van der Waals surface area (Å²) in [6.45, 7) is 2.08. The molecule has 5 rings (SSSR count). The minimum Gasteiger partial charge on any atom is -0.373 e. The number of nitrogens with one attached hydrogen (secondary N) is 2. The maximum absolute atomic E-state index is 13.1. The van der Waals surface area contributed by atoms with Crippen molar-refractivity contribution in [2.75, 3.05) is 12.4 Å². The second kappa shape index (κ2) is 9.32. The van der Waals surface area contributed by atoms with E-state index in [1.54, 1.807) is 42.1 Å². The number of aromatic amines is 1. The molecule has 1 aromatic carbocycles. The van der Waals surface area contributed by atoms with Crippen LogP contribution >= 0.6 is 23.2 Å². The van der Waals surface area contributed by atoms with E-state index in [0.717, 1.165) is 22.6 Å². The molecule has 4 heterocycles. The van der Waals surface area contributed by atoms with E-state index in [1.165, 1.54) is 11.0 Å². The maximum Gasteiger partial charge on any atom is 0.251 e. The fourth-order valence-electron chi connectivity index (χ4n) is 3.80. The Morgan fingerprint density at radius 3 is 2.63 bits per heavy atom. The number of tetrazole rings is 1. The van der Waals surface area contributed by atoms with Crippen LogP contribution in [0.4, 0.5) is 5.82 Å². The molecule has 5 aromatic rings. The number of rotatable bonds is 6. The number of aryl methyl sites for hydroxylation is 1. The second-order valence-electron chi connectivity index (χ2n) is 7.76. The van der Waals surface area contributed by atoms with Crippen molar-refractivity contribution in [1.82, 2.24) is 39.7 Å². The molecule has 0 saturated heterocycles. The first-order valence-electron chi connectivity index (χ1n) is 10.6. The first-order valence-corrected chi connectivity index (χ1v) is 11.3. The molecule has 176 valence electrons. The Bertz CT molecular complexity index is 1560. The van der Waals surface area contributed by atoms with Crippen LogP contribution in [0.1, 0.15) is 11.5 Å². The highest BCUT2D eigenvalue weighted by Crippen LogP contribution is 2.30. The number of aromatic nitrogens is 8. The van der Waals surface area contributed by atoms with Crippen LogP contribution in [0.5, 0.6) is 0 Å². The van der Waals surface area contributed by atoms with Gasteiger partial charge in [-0.05, 0) is 59.3 Å². The number of hydrogen-bond acceptors (Lipinski definition) is 7. The van der Waals surface area contributed by atoms with Crippen LogP contribution in [0.15, 0.2) is 59.8 Å². The molecule has 0 radical (unpaired) electrons. The molecule has 0 spiro atoms. The zero-order chi connectivity index (χ0) is 24.5. The number of nitrogens with zero attached hydrogens (tertiary/aromatic N) is 7. The molecule has 0 atom stereocenters. The quantitative estimate of drug-likeness (QED) is 0.356. The van der Waals surface area contributed by atoms with Crippen molar-refractivity contribution in [2.24, 2.45) is 0 Å². The lowest BCUT2D eigenvalue weighted by atomic mass is 10.0. The molecule has 0 bridgehead atoms. The molecule has 35 heavy (non-hydrogen) atoms. The van der Waals surface area contributed by atoms with Crippen molar-refractivity contribution < 1.29 is 0 Å². The van der Waals surface area contributed by atoms with Gasteiger partial charge in [-0.25, -0.2) is 9.97 Å². The summed E-state index contributed by atoms with van der Waals surface area (Å²) in [4.78, 5) is 25.1. The normalized spacial score (nSPS) is 11.1. The van der Waals surface area contributed by atoms with E-state index < -0.39 is 0 Å². The van der Waals surface area contributed by atoms with Gasteiger partial charge in [-0.3, -0.25) is 4.79 Å². The molecule has 0 saturated carbocycles. The summed E-state index contributed by atoms with van der Waals surface area (Å²) >= 11 is 12.6. The molecule has 0 amide bonds. The maximum atomic E-state index is 13.1. The van der Waals surface area contributed by atoms with Gasteiger partial charge in [-0.15, -0.1) is 5.10 Å². The van der Waals surface area contributed by atoms with Crippen molar-refractivity contribution in [3.63, 3.8) is 0 Å². The molecule has 0 fully saturated rings. The lowest BCUT2D eigenvalue weighted by Gasteiger charge is -2.13. The summed E-state index contributed by atoms with van der Waals surface area (Å²) in [7, 11) is 1.80. The number of pyridine rings is 2.